The van der Waals surface area contributed by atoms with Crippen molar-refractivity contribution in [1.29, 1.82) is 0 Å². The van der Waals surface area contributed by atoms with Gasteiger partial charge in [-0.25, -0.2) is 0 Å². The molecule has 0 aromatic heterocycles. The van der Waals surface area contributed by atoms with Crippen LogP contribution in [0, 0.1) is 0 Å². The van der Waals surface area contributed by atoms with E-state index in [2.05, 4.69) is 5.32 Å². The highest BCUT2D eigenvalue weighted by atomic mass is 35.5. The summed E-state index contributed by atoms with van der Waals surface area (Å²) in [5.41, 5.74) is 0. The Morgan fingerprint density at radius 2 is 1.80 bits per heavy atom. The van der Waals surface area contributed by atoms with Gasteiger partial charge in [-0.3, -0.25) is 4.79 Å². The van der Waals surface area contributed by atoms with E-state index in [4.69, 9.17) is 27.9 Å². The Morgan fingerprint density at radius 3 is 2.40 bits per heavy atom. The molecular formula is C15H19Cl2NO2. The first kappa shape index (κ1) is 15.5. The van der Waals surface area contributed by atoms with Gasteiger partial charge in [-0.2, -0.15) is 0 Å². The minimum absolute atomic E-state index is 0.0898. The van der Waals surface area contributed by atoms with Gasteiger partial charge in [0.25, 0.3) is 5.91 Å². The maximum Gasteiger partial charge on any atom is 0.260 e. The fourth-order valence-electron chi connectivity index (χ4n) is 2.42. The van der Waals surface area contributed by atoms with Crippen molar-refractivity contribution in [2.24, 2.45) is 0 Å². The average molecular weight is 316 g/mol. The highest BCUT2D eigenvalue weighted by Crippen LogP contribution is 2.25. The van der Waals surface area contributed by atoms with Crippen molar-refractivity contribution >= 4 is 29.1 Å². The molecule has 20 heavy (non-hydrogen) atoms. The molecule has 3 nitrogen and oxygen atoms in total. The Labute approximate surface area is 129 Å². The Morgan fingerprint density at radius 1 is 1.20 bits per heavy atom. The number of ether oxygens (including phenoxy) is 1. The minimum atomic E-state index is -0.563. The number of amides is 1. The van der Waals surface area contributed by atoms with E-state index in [1.165, 1.54) is 19.3 Å². The molecule has 0 spiro atoms. The molecule has 0 bridgehead atoms. The molecule has 5 heteroatoms. The van der Waals surface area contributed by atoms with Crippen LogP contribution in [0.1, 0.15) is 39.0 Å². The summed E-state index contributed by atoms with van der Waals surface area (Å²) < 4.78 is 5.60. The van der Waals surface area contributed by atoms with Gasteiger partial charge >= 0.3 is 0 Å². The van der Waals surface area contributed by atoms with Crippen LogP contribution in [-0.2, 0) is 4.79 Å². The second kappa shape index (κ2) is 7.19. The van der Waals surface area contributed by atoms with Crippen LogP contribution < -0.4 is 10.1 Å². The van der Waals surface area contributed by atoms with Gasteiger partial charge < -0.3 is 10.1 Å². The summed E-state index contributed by atoms with van der Waals surface area (Å²) in [7, 11) is 0. The number of carbonyl (C=O) groups is 1. The summed E-state index contributed by atoms with van der Waals surface area (Å²) in [4.78, 5) is 12.1. The highest BCUT2D eigenvalue weighted by Gasteiger charge is 2.20. The lowest BCUT2D eigenvalue weighted by atomic mass is 9.95. The second-order valence-corrected chi connectivity index (χ2v) is 6.08. The molecular weight excluding hydrogens is 297 g/mol. The molecule has 1 aliphatic carbocycles. The molecule has 0 saturated heterocycles. The van der Waals surface area contributed by atoms with Crippen LogP contribution in [-0.4, -0.2) is 18.1 Å². The van der Waals surface area contributed by atoms with E-state index in [0.29, 0.717) is 15.8 Å². The number of nitrogens with one attached hydrogen (secondary N) is 1. The molecule has 1 aromatic rings. The summed E-state index contributed by atoms with van der Waals surface area (Å²) in [6.45, 7) is 1.73. The van der Waals surface area contributed by atoms with E-state index < -0.39 is 6.10 Å². The topological polar surface area (TPSA) is 38.3 Å². The van der Waals surface area contributed by atoms with Crippen LogP contribution in [0.2, 0.25) is 10.0 Å². The van der Waals surface area contributed by atoms with Crippen LogP contribution in [0.25, 0.3) is 0 Å². The minimum Gasteiger partial charge on any atom is -0.481 e. The van der Waals surface area contributed by atoms with Crippen molar-refractivity contribution < 1.29 is 9.53 Å². The number of carbonyl (C=O) groups excluding carboxylic acids is 1. The summed E-state index contributed by atoms with van der Waals surface area (Å²) in [5, 5.41) is 4.02. The number of benzene rings is 1. The van der Waals surface area contributed by atoms with Crippen molar-refractivity contribution in [1.82, 2.24) is 5.32 Å². The first-order valence-electron chi connectivity index (χ1n) is 6.98. The van der Waals surface area contributed by atoms with Crippen molar-refractivity contribution in [2.45, 2.75) is 51.2 Å². The van der Waals surface area contributed by atoms with E-state index in [1.54, 1.807) is 25.1 Å². The Bertz CT molecular complexity index is 453. The molecule has 1 unspecified atom stereocenters. The normalized spacial score (nSPS) is 17.6. The van der Waals surface area contributed by atoms with Gasteiger partial charge in [-0.1, -0.05) is 42.5 Å². The van der Waals surface area contributed by atoms with Crippen LogP contribution in [0.3, 0.4) is 0 Å². The quantitative estimate of drug-likeness (QED) is 0.903. The lowest BCUT2D eigenvalue weighted by Crippen LogP contribution is -2.43. The van der Waals surface area contributed by atoms with E-state index in [1.807, 2.05) is 0 Å². The summed E-state index contributed by atoms with van der Waals surface area (Å²) in [5.74, 6) is 0.418. The number of hydrogen-bond donors (Lipinski definition) is 1. The Hall–Kier alpha value is -0.930. The molecule has 0 radical (unpaired) electrons. The molecule has 0 aliphatic heterocycles. The molecule has 1 aliphatic rings. The fourth-order valence-corrected chi connectivity index (χ4v) is 2.93. The highest BCUT2D eigenvalue weighted by molar-refractivity contribution is 6.34. The lowest BCUT2D eigenvalue weighted by Gasteiger charge is -2.24. The van der Waals surface area contributed by atoms with Crippen molar-refractivity contribution in [2.75, 3.05) is 0 Å². The van der Waals surface area contributed by atoms with Crippen molar-refractivity contribution in [3.63, 3.8) is 0 Å². The maximum atomic E-state index is 12.1. The van der Waals surface area contributed by atoms with E-state index in [9.17, 15) is 4.79 Å². The summed E-state index contributed by atoms with van der Waals surface area (Å²) >= 11 is 11.8. The number of hydrogen-bond acceptors (Lipinski definition) is 2. The van der Waals surface area contributed by atoms with Crippen LogP contribution in [0.4, 0.5) is 0 Å². The third kappa shape index (κ3) is 4.57. The maximum absolute atomic E-state index is 12.1. The average Bonchev–Trinajstić information content (AvgIpc) is 2.38. The van der Waals surface area contributed by atoms with Crippen molar-refractivity contribution in [3.05, 3.63) is 28.2 Å². The molecule has 1 atom stereocenters. The van der Waals surface area contributed by atoms with Gasteiger partial charge in [0, 0.05) is 16.1 Å². The lowest BCUT2D eigenvalue weighted by molar-refractivity contribution is -0.128. The molecule has 1 N–H and O–H groups in total. The number of rotatable bonds is 4. The van der Waals surface area contributed by atoms with Gasteiger partial charge in [-0.05, 0) is 38.0 Å². The van der Waals surface area contributed by atoms with Crippen LogP contribution in [0.15, 0.2) is 18.2 Å². The van der Waals surface area contributed by atoms with E-state index in [0.717, 1.165) is 12.8 Å². The molecule has 2 rings (SSSR count). The van der Waals surface area contributed by atoms with E-state index >= 15 is 0 Å². The van der Waals surface area contributed by atoms with Crippen LogP contribution >= 0.6 is 23.2 Å². The molecule has 110 valence electrons. The molecule has 1 amide bonds. The Balaban J connectivity index is 1.89. The predicted octanol–water partition coefficient (Wildman–Crippen LogP) is 4.21. The molecule has 1 saturated carbocycles. The van der Waals surface area contributed by atoms with E-state index in [-0.39, 0.29) is 11.9 Å². The first-order valence-corrected chi connectivity index (χ1v) is 7.73. The standard InChI is InChI=1S/C15H19Cl2NO2/c1-10(15(19)18-13-5-3-2-4-6-13)20-14-8-11(16)7-12(17)9-14/h7-10,13H,2-6H2,1H3,(H,18,19). The van der Waals surface area contributed by atoms with Gasteiger partial charge in [-0.15, -0.1) is 0 Å². The molecule has 1 aromatic carbocycles. The predicted molar refractivity (Wildman–Crippen MR) is 81.6 cm³/mol. The third-order valence-electron chi connectivity index (χ3n) is 3.47. The third-order valence-corrected chi connectivity index (χ3v) is 3.91. The van der Waals surface area contributed by atoms with Gasteiger partial charge in [0.2, 0.25) is 0 Å². The second-order valence-electron chi connectivity index (χ2n) is 5.21. The van der Waals surface area contributed by atoms with Crippen molar-refractivity contribution in [3.8, 4) is 5.75 Å². The van der Waals surface area contributed by atoms with Crippen LogP contribution in [0.5, 0.6) is 5.75 Å². The summed E-state index contributed by atoms with van der Waals surface area (Å²) in [6, 6.07) is 5.21. The molecule has 0 heterocycles. The zero-order valence-corrected chi connectivity index (χ0v) is 13.0. The Kier molecular flexibility index (Phi) is 5.55. The zero-order chi connectivity index (χ0) is 14.5. The zero-order valence-electron chi connectivity index (χ0n) is 11.5. The first-order chi connectivity index (χ1) is 9.54. The van der Waals surface area contributed by atoms with Gasteiger partial charge in [0.15, 0.2) is 6.10 Å². The molecule has 1 fully saturated rings. The van der Waals surface area contributed by atoms with Gasteiger partial charge in [0.05, 0.1) is 0 Å². The monoisotopic (exact) mass is 315 g/mol. The summed E-state index contributed by atoms with van der Waals surface area (Å²) in [6.07, 6.45) is 5.18. The fraction of sp³-hybridized carbons (Fsp3) is 0.533. The number of halogens is 2. The van der Waals surface area contributed by atoms with Gasteiger partial charge in [0.1, 0.15) is 5.75 Å². The SMILES string of the molecule is CC(Oc1cc(Cl)cc(Cl)c1)C(=O)NC1CCCCC1. The largest absolute Gasteiger partial charge is 0.481 e. The smallest absolute Gasteiger partial charge is 0.260 e.